The fraction of sp³-hybridized carbons (Fsp3) is 0.667. The number of nitrogens with two attached hydrogens (primary N) is 1. The minimum Gasteiger partial charge on any atom is -0.393 e. The Balaban J connectivity index is 2.09. The number of hydrogen-bond acceptors (Lipinski definition) is 6. The van der Waals surface area contributed by atoms with E-state index < -0.39 is 0 Å². The molecule has 1 aromatic heterocycles. The molecule has 2 rings (SSSR count). The molecule has 0 amide bonds. The van der Waals surface area contributed by atoms with Crippen LogP contribution in [0.2, 0.25) is 0 Å². The van der Waals surface area contributed by atoms with Gasteiger partial charge in [0, 0.05) is 25.8 Å². The predicted octanol–water partition coefficient (Wildman–Crippen LogP) is 0.556. The van der Waals surface area contributed by atoms with Crippen LogP contribution in [0.25, 0.3) is 0 Å². The van der Waals surface area contributed by atoms with Gasteiger partial charge < -0.3 is 20.5 Å². The third-order valence-corrected chi connectivity index (χ3v) is 3.00. The molecule has 1 aromatic rings. The Morgan fingerprint density at radius 2 is 2.17 bits per heavy atom. The molecule has 3 N–H and O–H groups in total. The molecule has 1 aliphatic heterocycles. The molecule has 0 unspecified atom stereocenters. The molecule has 2 heterocycles. The van der Waals surface area contributed by atoms with Crippen molar-refractivity contribution in [2.24, 2.45) is 0 Å². The second kappa shape index (κ2) is 5.97. The lowest BCUT2D eigenvalue weighted by atomic mass is 10.1. The summed E-state index contributed by atoms with van der Waals surface area (Å²) < 4.78 is 5.29. The van der Waals surface area contributed by atoms with E-state index in [1.165, 1.54) is 0 Å². The Morgan fingerprint density at radius 1 is 1.44 bits per heavy atom. The highest BCUT2D eigenvalue weighted by Gasteiger charge is 2.19. The summed E-state index contributed by atoms with van der Waals surface area (Å²) in [5, 5.41) is 9.50. The lowest BCUT2D eigenvalue weighted by Crippen LogP contribution is -2.36. The number of hydrogen-bond donors (Lipinski definition) is 2. The maximum absolute atomic E-state index is 9.50. The Bertz CT molecular complexity index is 392. The molecule has 1 fully saturated rings. The zero-order chi connectivity index (χ0) is 13.0. The topological polar surface area (TPSA) is 84.5 Å². The number of nitrogens with zero attached hydrogens (tertiary/aromatic N) is 3. The summed E-state index contributed by atoms with van der Waals surface area (Å²) in [5.74, 6) is 1.89. The average Bonchev–Trinajstić information content (AvgIpc) is 2.36. The number of rotatable bonds is 4. The van der Waals surface area contributed by atoms with E-state index in [4.69, 9.17) is 10.5 Å². The van der Waals surface area contributed by atoms with Crippen molar-refractivity contribution in [3.63, 3.8) is 0 Å². The van der Waals surface area contributed by atoms with Crippen LogP contribution in [-0.2, 0) is 11.3 Å². The maximum atomic E-state index is 9.50. The minimum atomic E-state index is -0.191. The van der Waals surface area contributed by atoms with E-state index in [1.807, 2.05) is 6.92 Å². The van der Waals surface area contributed by atoms with Gasteiger partial charge in [0.05, 0.1) is 6.10 Å². The molecule has 0 aliphatic carbocycles. The molecule has 0 atom stereocenters. The molecule has 100 valence electrons. The Kier molecular flexibility index (Phi) is 4.33. The van der Waals surface area contributed by atoms with Crippen LogP contribution in [0, 0.1) is 0 Å². The average molecular weight is 252 g/mol. The van der Waals surface area contributed by atoms with E-state index in [0.29, 0.717) is 24.9 Å². The van der Waals surface area contributed by atoms with Crippen LogP contribution in [0.15, 0.2) is 6.07 Å². The van der Waals surface area contributed by atoms with Crippen molar-refractivity contribution >= 4 is 11.6 Å². The summed E-state index contributed by atoms with van der Waals surface area (Å²) in [6.45, 7) is 4.53. The number of ether oxygens (including phenoxy) is 1. The van der Waals surface area contributed by atoms with E-state index in [-0.39, 0.29) is 6.10 Å². The van der Waals surface area contributed by atoms with E-state index in [2.05, 4.69) is 14.9 Å². The van der Waals surface area contributed by atoms with E-state index >= 15 is 0 Å². The van der Waals surface area contributed by atoms with Crippen molar-refractivity contribution in [2.45, 2.75) is 32.5 Å². The Hall–Kier alpha value is -1.40. The van der Waals surface area contributed by atoms with Crippen LogP contribution in [-0.4, -0.2) is 40.9 Å². The van der Waals surface area contributed by atoms with Gasteiger partial charge in [0.1, 0.15) is 18.2 Å². The smallest absolute Gasteiger partial charge is 0.158 e. The summed E-state index contributed by atoms with van der Waals surface area (Å²) in [7, 11) is 0. The van der Waals surface area contributed by atoms with Crippen molar-refractivity contribution in [1.29, 1.82) is 0 Å². The summed E-state index contributed by atoms with van der Waals surface area (Å²) in [6, 6.07) is 1.77. The minimum absolute atomic E-state index is 0.191. The van der Waals surface area contributed by atoms with Crippen LogP contribution in [0.1, 0.15) is 25.6 Å². The fourth-order valence-corrected chi connectivity index (χ4v) is 2.02. The molecule has 1 aliphatic rings. The van der Waals surface area contributed by atoms with Gasteiger partial charge in [-0.2, -0.15) is 0 Å². The predicted molar refractivity (Wildman–Crippen MR) is 69.2 cm³/mol. The molecule has 0 saturated carbocycles. The molecule has 18 heavy (non-hydrogen) atoms. The second-order valence-electron chi connectivity index (χ2n) is 4.42. The van der Waals surface area contributed by atoms with Gasteiger partial charge in [-0.3, -0.25) is 0 Å². The molecule has 6 heteroatoms. The lowest BCUT2D eigenvalue weighted by Gasteiger charge is -2.30. The molecule has 1 saturated heterocycles. The van der Waals surface area contributed by atoms with Crippen molar-refractivity contribution in [3.8, 4) is 0 Å². The summed E-state index contributed by atoms with van der Waals surface area (Å²) >= 11 is 0. The summed E-state index contributed by atoms with van der Waals surface area (Å²) in [6.07, 6.45) is 1.35. The normalized spacial score (nSPS) is 17.1. The first-order valence-electron chi connectivity index (χ1n) is 6.33. The number of aliphatic hydroxyl groups is 1. The van der Waals surface area contributed by atoms with Crippen LogP contribution < -0.4 is 10.6 Å². The highest BCUT2D eigenvalue weighted by Crippen LogP contribution is 2.19. The van der Waals surface area contributed by atoms with Gasteiger partial charge in [-0.1, -0.05) is 0 Å². The fourth-order valence-electron chi connectivity index (χ4n) is 2.02. The summed E-state index contributed by atoms with van der Waals surface area (Å²) in [4.78, 5) is 10.7. The van der Waals surface area contributed by atoms with Crippen LogP contribution in [0.3, 0.4) is 0 Å². The van der Waals surface area contributed by atoms with Gasteiger partial charge in [-0.15, -0.1) is 0 Å². The number of nitrogen functional groups attached to an aromatic ring is 1. The van der Waals surface area contributed by atoms with E-state index in [1.54, 1.807) is 6.07 Å². The first-order chi connectivity index (χ1) is 8.69. The number of anilines is 2. The third kappa shape index (κ3) is 3.30. The van der Waals surface area contributed by atoms with Crippen LogP contribution in [0.5, 0.6) is 0 Å². The molecule has 6 nitrogen and oxygen atoms in total. The van der Waals surface area contributed by atoms with E-state index in [0.717, 1.165) is 31.7 Å². The zero-order valence-electron chi connectivity index (χ0n) is 10.7. The number of piperidine rings is 1. The monoisotopic (exact) mass is 252 g/mol. The third-order valence-electron chi connectivity index (χ3n) is 3.00. The van der Waals surface area contributed by atoms with Crippen molar-refractivity contribution < 1.29 is 9.84 Å². The van der Waals surface area contributed by atoms with Gasteiger partial charge in [-0.05, 0) is 19.8 Å². The molecule has 0 bridgehead atoms. The van der Waals surface area contributed by atoms with Crippen LogP contribution in [0.4, 0.5) is 11.6 Å². The lowest BCUT2D eigenvalue weighted by molar-refractivity contribution is 0.128. The molecular weight excluding hydrogens is 232 g/mol. The highest BCUT2D eigenvalue weighted by atomic mass is 16.5. The van der Waals surface area contributed by atoms with Gasteiger partial charge in [0.15, 0.2) is 5.82 Å². The number of aliphatic hydroxyl groups excluding tert-OH is 1. The van der Waals surface area contributed by atoms with Crippen molar-refractivity contribution in [3.05, 3.63) is 11.9 Å². The molecule has 0 aromatic carbocycles. The molecular formula is C12H20N4O2. The first kappa shape index (κ1) is 13.0. The zero-order valence-corrected chi connectivity index (χ0v) is 10.7. The standard InChI is InChI=1S/C12H20N4O2/c1-2-18-8-11-14-10(13)7-12(15-11)16-5-3-9(17)4-6-16/h7,9,17H,2-6,8H2,1H3,(H2,13,14,15). The Morgan fingerprint density at radius 3 is 2.83 bits per heavy atom. The second-order valence-corrected chi connectivity index (χ2v) is 4.42. The summed E-state index contributed by atoms with van der Waals surface area (Å²) in [5.41, 5.74) is 5.78. The SMILES string of the molecule is CCOCc1nc(N)cc(N2CCC(O)CC2)n1. The number of aromatic nitrogens is 2. The van der Waals surface area contributed by atoms with Gasteiger partial charge >= 0.3 is 0 Å². The quantitative estimate of drug-likeness (QED) is 0.814. The Labute approximate surface area is 107 Å². The van der Waals surface area contributed by atoms with Crippen molar-refractivity contribution in [2.75, 3.05) is 30.3 Å². The first-order valence-corrected chi connectivity index (χ1v) is 6.33. The molecule has 0 radical (unpaired) electrons. The van der Waals surface area contributed by atoms with Crippen LogP contribution >= 0.6 is 0 Å². The van der Waals surface area contributed by atoms with Crippen molar-refractivity contribution in [1.82, 2.24) is 9.97 Å². The van der Waals surface area contributed by atoms with Gasteiger partial charge in [-0.25, -0.2) is 9.97 Å². The molecule has 0 spiro atoms. The van der Waals surface area contributed by atoms with Gasteiger partial charge in [0.2, 0.25) is 0 Å². The maximum Gasteiger partial charge on any atom is 0.158 e. The largest absolute Gasteiger partial charge is 0.393 e. The highest BCUT2D eigenvalue weighted by molar-refractivity contribution is 5.47. The van der Waals surface area contributed by atoms with E-state index in [9.17, 15) is 5.11 Å². The van der Waals surface area contributed by atoms with Gasteiger partial charge in [0.25, 0.3) is 0 Å².